The first kappa shape index (κ1) is 18.4. The van der Waals surface area contributed by atoms with Crippen LogP contribution in [0.3, 0.4) is 0 Å². The molecule has 0 saturated carbocycles. The Hall–Kier alpha value is -3.42. The van der Waals surface area contributed by atoms with Crippen LogP contribution in [0.2, 0.25) is 0 Å². The summed E-state index contributed by atoms with van der Waals surface area (Å²) in [4.78, 5) is 36.9. The summed E-state index contributed by atoms with van der Waals surface area (Å²) in [6, 6.07) is 12.2. The van der Waals surface area contributed by atoms with Crippen LogP contribution in [-0.2, 0) is 4.79 Å². The van der Waals surface area contributed by atoms with Crippen molar-refractivity contribution < 1.29 is 19.2 Å². The van der Waals surface area contributed by atoms with Gasteiger partial charge in [-0.15, -0.1) is 0 Å². The molecule has 8 nitrogen and oxygen atoms in total. The summed E-state index contributed by atoms with van der Waals surface area (Å²) in [7, 11) is 0. The van der Waals surface area contributed by atoms with E-state index in [9.17, 15) is 19.7 Å². The lowest BCUT2D eigenvalue weighted by Gasteiger charge is -2.23. The van der Waals surface area contributed by atoms with Crippen LogP contribution in [0.25, 0.3) is 0 Å². The smallest absolute Gasteiger partial charge is 0.410 e. The molecule has 1 aliphatic rings. The second-order valence-corrected chi connectivity index (χ2v) is 6.28. The molecule has 3 rings (SSSR count). The number of aryl methyl sites for hydroxylation is 1. The van der Waals surface area contributed by atoms with Crippen LogP contribution >= 0.6 is 0 Å². The lowest BCUT2D eigenvalue weighted by atomic mass is 10.1. The predicted octanol–water partition coefficient (Wildman–Crippen LogP) is 3.51. The summed E-state index contributed by atoms with van der Waals surface area (Å²) < 4.78 is 5.32. The van der Waals surface area contributed by atoms with E-state index in [1.807, 2.05) is 6.07 Å². The molecular formula is C19H19N3O5. The van der Waals surface area contributed by atoms with E-state index < -0.39 is 17.1 Å². The average molecular weight is 369 g/mol. The Labute approximate surface area is 155 Å². The zero-order valence-corrected chi connectivity index (χ0v) is 14.8. The Morgan fingerprint density at radius 2 is 1.96 bits per heavy atom. The fourth-order valence-electron chi connectivity index (χ4n) is 2.98. The van der Waals surface area contributed by atoms with E-state index >= 15 is 0 Å². The maximum absolute atomic E-state index is 12.7. The summed E-state index contributed by atoms with van der Waals surface area (Å²) >= 11 is 0. The van der Waals surface area contributed by atoms with Gasteiger partial charge in [-0.1, -0.05) is 24.3 Å². The number of non-ortho nitro benzene ring substituents is 1. The number of benzene rings is 2. The average Bonchev–Trinajstić information content (AvgIpc) is 3.14. The molecule has 1 aliphatic heterocycles. The molecule has 8 heteroatoms. The Balaban J connectivity index is 1.71. The highest BCUT2D eigenvalue weighted by Gasteiger charge is 2.35. The molecule has 27 heavy (non-hydrogen) atoms. The normalized spacial score (nSPS) is 16.0. The van der Waals surface area contributed by atoms with Crippen LogP contribution in [0.15, 0.2) is 48.5 Å². The lowest BCUT2D eigenvalue weighted by molar-refractivity contribution is -0.384. The van der Waals surface area contributed by atoms with Crippen LogP contribution < -0.4 is 10.1 Å². The topological polar surface area (TPSA) is 102 Å². The van der Waals surface area contributed by atoms with Crippen molar-refractivity contribution in [2.45, 2.75) is 25.8 Å². The second kappa shape index (κ2) is 7.86. The maximum Gasteiger partial charge on any atom is 0.415 e. The van der Waals surface area contributed by atoms with Crippen molar-refractivity contribution in [1.82, 2.24) is 4.90 Å². The number of rotatable bonds is 4. The minimum absolute atomic E-state index is 0.109. The number of hydrogen-bond acceptors (Lipinski definition) is 5. The molecule has 2 aromatic carbocycles. The van der Waals surface area contributed by atoms with Crippen molar-refractivity contribution in [3.63, 3.8) is 0 Å². The van der Waals surface area contributed by atoms with Gasteiger partial charge in [0.2, 0.25) is 5.91 Å². The number of carbonyl (C=O) groups is 2. The summed E-state index contributed by atoms with van der Waals surface area (Å²) in [5, 5.41) is 13.6. The Kier molecular flexibility index (Phi) is 5.35. The quantitative estimate of drug-likeness (QED) is 0.656. The zero-order chi connectivity index (χ0) is 19.4. The van der Waals surface area contributed by atoms with Crippen molar-refractivity contribution >= 4 is 23.4 Å². The molecular weight excluding hydrogens is 350 g/mol. The van der Waals surface area contributed by atoms with E-state index in [-0.39, 0.29) is 11.6 Å². The van der Waals surface area contributed by atoms with Crippen molar-refractivity contribution in [3.05, 3.63) is 64.2 Å². The molecule has 0 aromatic heterocycles. The monoisotopic (exact) mass is 369 g/mol. The number of amides is 2. The van der Waals surface area contributed by atoms with Gasteiger partial charge in [0.1, 0.15) is 11.8 Å². The van der Waals surface area contributed by atoms with E-state index in [2.05, 4.69) is 5.32 Å². The summed E-state index contributed by atoms with van der Waals surface area (Å²) in [6.07, 6.45) is 0.592. The minimum atomic E-state index is -0.681. The Bertz CT molecular complexity index is 869. The largest absolute Gasteiger partial charge is 0.415 e. The number of para-hydroxylation sites is 1. The van der Waals surface area contributed by atoms with E-state index in [1.54, 1.807) is 37.3 Å². The highest BCUT2D eigenvalue weighted by atomic mass is 16.6. The molecule has 2 amide bonds. The maximum atomic E-state index is 12.7. The number of likely N-dealkylation sites (tertiary alicyclic amines) is 1. The molecule has 1 saturated heterocycles. The highest BCUT2D eigenvalue weighted by molar-refractivity contribution is 5.97. The summed E-state index contributed by atoms with van der Waals surface area (Å²) in [5.74, 6) is 0.0178. The highest BCUT2D eigenvalue weighted by Crippen LogP contribution is 2.25. The first-order valence-corrected chi connectivity index (χ1v) is 8.55. The van der Waals surface area contributed by atoms with Crippen molar-refractivity contribution in [2.75, 3.05) is 11.9 Å². The third-order valence-corrected chi connectivity index (χ3v) is 4.43. The third-order valence-electron chi connectivity index (χ3n) is 4.43. The number of nitro benzene ring substituents is 1. The van der Waals surface area contributed by atoms with Crippen molar-refractivity contribution in [2.24, 2.45) is 0 Å². The molecule has 1 heterocycles. The molecule has 1 N–H and O–H groups in total. The van der Waals surface area contributed by atoms with Crippen molar-refractivity contribution in [3.8, 4) is 5.75 Å². The van der Waals surface area contributed by atoms with E-state index in [0.717, 1.165) is 0 Å². The van der Waals surface area contributed by atoms with Gasteiger partial charge in [0.25, 0.3) is 5.69 Å². The molecule has 1 fully saturated rings. The first-order valence-electron chi connectivity index (χ1n) is 8.55. The van der Waals surface area contributed by atoms with E-state index in [4.69, 9.17) is 4.74 Å². The number of carbonyl (C=O) groups excluding carboxylic acids is 2. The molecule has 2 aromatic rings. The molecule has 0 radical (unpaired) electrons. The number of nitrogens with zero attached hydrogens (tertiary/aromatic N) is 2. The Morgan fingerprint density at radius 3 is 2.67 bits per heavy atom. The van der Waals surface area contributed by atoms with E-state index in [1.165, 1.54) is 17.0 Å². The fraction of sp³-hybridized carbons (Fsp3) is 0.263. The van der Waals surface area contributed by atoms with Gasteiger partial charge in [0.15, 0.2) is 0 Å². The molecule has 0 spiro atoms. The second-order valence-electron chi connectivity index (χ2n) is 6.28. The first-order chi connectivity index (χ1) is 13.0. The molecule has 0 bridgehead atoms. The van der Waals surface area contributed by atoms with E-state index in [0.29, 0.717) is 36.4 Å². The van der Waals surface area contributed by atoms with Gasteiger partial charge in [-0.05, 0) is 37.5 Å². The number of ether oxygens (including phenoxy) is 1. The summed E-state index contributed by atoms with van der Waals surface area (Å²) in [5.41, 5.74) is 0.950. The third kappa shape index (κ3) is 4.22. The van der Waals surface area contributed by atoms with Gasteiger partial charge >= 0.3 is 6.09 Å². The Morgan fingerprint density at radius 1 is 1.22 bits per heavy atom. The SMILES string of the molecule is Cc1ccc([N+](=O)[O-])cc1NC(=O)C1CCCN1C(=O)Oc1ccccc1. The number of nitro groups is 1. The summed E-state index contributed by atoms with van der Waals surface area (Å²) in [6.45, 7) is 2.16. The van der Waals surface area contributed by atoms with Gasteiger partial charge in [-0.3, -0.25) is 19.8 Å². The number of nitrogens with one attached hydrogen (secondary N) is 1. The van der Waals surface area contributed by atoms with Crippen LogP contribution in [-0.4, -0.2) is 34.4 Å². The molecule has 1 atom stereocenters. The van der Waals surface area contributed by atoms with Crippen molar-refractivity contribution in [1.29, 1.82) is 0 Å². The van der Waals surface area contributed by atoms with Gasteiger partial charge < -0.3 is 10.1 Å². The predicted molar refractivity (Wildman–Crippen MR) is 98.7 cm³/mol. The van der Waals surface area contributed by atoms with Gasteiger partial charge in [0, 0.05) is 18.7 Å². The zero-order valence-electron chi connectivity index (χ0n) is 14.8. The number of hydrogen-bond donors (Lipinski definition) is 1. The van der Waals surface area contributed by atoms with Crippen LogP contribution in [0.1, 0.15) is 18.4 Å². The van der Waals surface area contributed by atoms with Crippen LogP contribution in [0.5, 0.6) is 5.75 Å². The van der Waals surface area contributed by atoms with Gasteiger partial charge in [0.05, 0.1) is 10.6 Å². The number of anilines is 1. The van der Waals surface area contributed by atoms with Gasteiger partial charge in [-0.25, -0.2) is 4.79 Å². The van der Waals surface area contributed by atoms with Gasteiger partial charge in [-0.2, -0.15) is 0 Å². The van der Waals surface area contributed by atoms with Crippen LogP contribution in [0, 0.1) is 17.0 Å². The fourth-order valence-corrected chi connectivity index (χ4v) is 2.98. The lowest BCUT2D eigenvalue weighted by Crippen LogP contribution is -2.44. The molecule has 140 valence electrons. The molecule has 0 aliphatic carbocycles. The van der Waals surface area contributed by atoms with Crippen LogP contribution in [0.4, 0.5) is 16.2 Å². The molecule has 1 unspecified atom stereocenters. The minimum Gasteiger partial charge on any atom is -0.410 e. The standard InChI is InChI=1S/C19H19N3O5/c1-13-9-10-14(22(25)26)12-16(13)20-18(23)17-8-5-11-21(17)19(24)27-15-6-3-2-4-7-15/h2-4,6-7,9-10,12,17H,5,8,11H2,1H3,(H,20,23).